The zero-order valence-corrected chi connectivity index (χ0v) is 15.0. The summed E-state index contributed by atoms with van der Waals surface area (Å²) in [5.74, 6) is 0.436. The van der Waals surface area contributed by atoms with Crippen LogP contribution < -0.4 is 10.1 Å². The Morgan fingerprint density at radius 1 is 1.18 bits per heavy atom. The number of halogens is 2. The third-order valence-electron chi connectivity index (χ3n) is 3.07. The minimum atomic E-state index is -0.624. The van der Waals surface area contributed by atoms with Crippen LogP contribution in [0.15, 0.2) is 40.9 Å². The van der Waals surface area contributed by atoms with Gasteiger partial charge in [0.05, 0.1) is 10.7 Å². The first kappa shape index (κ1) is 16.8. The number of nitrogens with one attached hydrogen (secondary N) is 1. The molecule has 0 fully saturated rings. The van der Waals surface area contributed by atoms with Crippen molar-refractivity contribution in [3.05, 3.63) is 57.0 Å². The molecule has 0 spiro atoms. The third-order valence-corrected chi connectivity index (χ3v) is 3.87. The van der Waals surface area contributed by atoms with E-state index < -0.39 is 6.10 Å². The van der Waals surface area contributed by atoms with Crippen LogP contribution in [0.2, 0.25) is 5.02 Å². The molecule has 3 nitrogen and oxygen atoms in total. The van der Waals surface area contributed by atoms with Crippen LogP contribution in [0.5, 0.6) is 5.75 Å². The lowest BCUT2D eigenvalue weighted by molar-refractivity contribution is -0.122. The van der Waals surface area contributed by atoms with Crippen molar-refractivity contribution in [1.29, 1.82) is 0 Å². The summed E-state index contributed by atoms with van der Waals surface area (Å²) in [5.41, 5.74) is 2.75. The molecule has 5 heteroatoms. The molecule has 0 bridgehead atoms. The van der Waals surface area contributed by atoms with Gasteiger partial charge < -0.3 is 10.1 Å². The van der Waals surface area contributed by atoms with Crippen molar-refractivity contribution >= 4 is 39.1 Å². The molecular weight excluding hydrogens is 366 g/mol. The van der Waals surface area contributed by atoms with Gasteiger partial charge in [0.2, 0.25) is 0 Å². The van der Waals surface area contributed by atoms with Gasteiger partial charge in [-0.15, -0.1) is 0 Å². The van der Waals surface area contributed by atoms with E-state index in [4.69, 9.17) is 16.3 Å². The average molecular weight is 383 g/mol. The van der Waals surface area contributed by atoms with Gasteiger partial charge in [0.1, 0.15) is 5.75 Å². The summed E-state index contributed by atoms with van der Waals surface area (Å²) in [5, 5.41) is 3.24. The highest BCUT2D eigenvalue weighted by molar-refractivity contribution is 9.10. The van der Waals surface area contributed by atoms with Crippen LogP contribution in [0.4, 0.5) is 5.69 Å². The van der Waals surface area contributed by atoms with E-state index in [1.54, 1.807) is 19.1 Å². The number of aryl methyl sites for hydroxylation is 2. The second-order valence-corrected chi connectivity index (χ2v) is 6.52. The van der Waals surface area contributed by atoms with Crippen molar-refractivity contribution in [3.63, 3.8) is 0 Å². The van der Waals surface area contributed by atoms with Crippen LogP contribution in [-0.4, -0.2) is 12.0 Å². The molecule has 0 radical (unpaired) electrons. The first-order valence-electron chi connectivity index (χ1n) is 6.86. The van der Waals surface area contributed by atoms with Gasteiger partial charge in [-0.2, -0.15) is 0 Å². The van der Waals surface area contributed by atoms with Crippen LogP contribution in [-0.2, 0) is 4.79 Å². The Bertz CT molecular complexity index is 683. The topological polar surface area (TPSA) is 38.3 Å². The van der Waals surface area contributed by atoms with Gasteiger partial charge in [-0.25, -0.2) is 0 Å². The maximum Gasteiger partial charge on any atom is 0.265 e. The summed E-state index contributed by atoms with van der Waals surface area (Å²) in [4.78, 5) is 12.2. The van der Waals surface area contributed by atoms with E-state index >= 15 is 0 Å². The summed E-state index contributed by atoms with van der Waals surface area (Å²) >= 11 is 9.42. The first-order chi connectivity index (χ1) is 10.3. The Kier molecular flexibility index (Phi) is 5.48. The molecule has 116 valence electrons. The molecule has 0 saturated heterocycles. The van der Waals surface area contributed by atoms with E-state index in [0.29, 0.717) is 16.5 Å². The minimum Gasteiger partial charge on any atom is -0.481 e. The largest absolute Gasteiger partial charge is 0.481 e. The van der Waals surface area contributed by atoms with E-state index in [2.05, 4.69) is 27.3 Å². The van der Waals surface area contributed by atoms with Gasteiger partial charge in [0.25, 0.3) is 5.91 Å². The Morgan fingerprint density at radius 2 is 1.82 bits per heavy atom. The molecule has 0 saturated carbocycles. The van der Waals surface area contributed by atoms with E-state index in [-0.39, 0.29) is 5.91 Å². The van der Waals surface area contributed by atoms with Crippen molar-refractivity contribution in [3.8, 4) is 5.75 Å². The molecule has 0 aliphatic rings. The van der Waals surface area contributed by atoms with Gasteiger partial charge in [0, 0.05) is 4.47 Å². The molecule has 0 heterocycles. The average Bonchev–Trinajstić information content (AvgIpc) is 2.40. The third kappa shape index (κ3) is 4.49. The second kappa shape index (κ2) is 7.16. The number of benzene rings is 2. The molecular formula is C17H17BrClNO2. The zero-order chi connectivity index (χ0) is 16.3. The van der Waals surface area contributed by atoms with Gasteiger partial charge >= 0.3 is 0 Å². The molecule has 0 aliphatic carbocycles. The number of hydrogen-bond donors (Lipinski definition) is 1. The van der Waals surface area contributed by atoms with E-state index in [9.17, 15) is 4.79 Å². The van der Waals surface area contributed by atoms with Crippen molar-refractivity contribution in [2.45, 2.75) is 26.9 Å². The number of ether oxygens (including phenoxy) is 1. The van der Waals surface area contributed by atoms with Crippen LogP contribution in [0.1, 0.15) is 18.1 Å². The van der Waals surface area contributed by atoms with Gasteiger partial charge in [-0.3, -0.25) is 4.79 Å². The lowest BCUT2D eigenvalue weighted by Gasteiger charge is -2.16. The number of carbonyl (C=O) groups excluding carboxylic acids is 1. The molecule has 0 aliphatic heterocycles. The van der Waals surface area contributed by atoms with E-state index in [0.717, 1.165) is 15.6 Å². The maximum absolute atomic E-state index is 12.2. The van der Waals surface area contributed by atoms with Crippen LogP contribution in [0.3, 0.4) is 0 Å². The lowest BCUT2D eigenvalue weighted by atomic mass is 10.1. The number of carbonyl (C=O) groups is 1. The Labute approximate surface area is 143 Å². The minimum absolute atomic E-state index is 0.247. The summed E-state index contributed by atoms with van der Waals surface area (Å²) in [7, 11) is 0. The highest BCUT2D eigenvalue weighted by Crippen LogP contribution is 2.26. The van der Waals surface area contributed by atoms with Crippen molar-refractivity contribution in [1.82, 2.24) is 0 Å². The predicted molar refractivity (Wildman–Crippen MR) is 93.8 cm³/mol. The highest BCUT2D eigenvalue weighted by Gasteiger charge is 2.16. The maximum atomic E-state index is 12.2. The summed E-state index contributed by atoms with van der Waals surface area (Å²) in [6, 6.07) is 11.2. The quantitative estimate of drug-likeness (QED) is 0.796. The van der Waals surface area contributed by atoms with E-state index in [1.165, 1.54) is 0 Å². The zero-order valence-electron chi connectivity index (χ0n) is 12.6. The smallest absolute Gasteiger partial charge is 0.265 e. The summed E-state index contributed by atoms with van der Waals surface area (Å²) < 4.78 is 6.57. The summed E-state index contributed by atoms with van der Waals surface area (Å²) in [6.45, 7) is 5.69. The molecule has 2 aromatic carbocycles. The first-order valence-corrected chi connectivity index (χ1v) is 8.03. The Hall–Kier alpha value is -1.52. The van der Waals surface area contributed by atoms with Gasteiger partial charge in [-0.05, 0) is 62.2 Å². The number of amides is 1. The van der Waals surface area contributed by atoms with E-state index in [1.807, 2.05) is 32.0 Å². The molecule has 0 aromatic heterocycles. The second-order valence-electron chi connectivity index (χ2n) is 5.20. The predicted octanol–water partition coefficient (Wildman–Crippen LogP) is 5.13. The lowest BCUT2D eigenvalue weighted by Crippen LogP contribution is -2.30. The molecule has 22 heavy (non-hydrogen) atoms. The van der Waals surface area contributed by atoms with Crippen LogP contribution in [0, 0.1) is 13.8 Å². The molecule has 1 N–H and O–H groups in total. The van der Waals surface area contributed by atoms with Crippen LogP contribution in [0.25, 0.3) is 0 Å². The fourth-order valence-corrected chi connectivity index (χ4v) is 2.80. The normalized spacial score (nSPS) is 11.9. The fourth-order valence-electron chi connectivity index (χ4n) is 2.08. The monoisotopic (exact) mass is 381 g/mol. The van der Waals surface area contributed by atoms with Crippen LogP contribution >= 0.6 is 27.5 Å². The van der Waals surface area contributed by atoms with Crippen molar-refractivity contribution in [2.24, 2.45) is 0 Å². The number of anilines is 1. The summed E-state index contributed by atoms with van der Waals surface area (Å²) in [6.07, 6.45) is -0.624. The molecule has 1 amide bonds. The molecule has 2 rings (SSSR count). The Balaban J connectivity index is 2.05. The standard InChI is InChI=1S/C17H17BrClNO2/c1-10-6-11(2)8-14(7-10)22-12(3)17(21)20-16-5-4-13(18)9-15(16)19/h4-9,12H,1-3H3,(H,20,21). The van der Waals surface area contributed by atoms with Crippen molar-refractivity contribution in [2.75, 3.05) is 5.32 Å². The number of hydrogen-bond acceptors (Lipinski definition) is 2. The van der Waals surface area contributed by atoms with Gasteiger partial charge in [-0.1, -0.05) is 33.6 Å². The Morgan fingerprint density at radius 3 is 2.41 bits per heavy atom. The molecule has 2 aromatic rings. The van der Waals surface area contributed by atoms with Gasteiger partial charge in [0.15, 0.2) is 6.10 Å². The SMILES string of the molecule is Cc1cc(C)cc(OC(C)C(=O)Nc2ccc(Br)cc2Cl)c1. The molecule has 1 unspecified atom stereocenters. The van der Waals surface area contributed by atoms with Crippen molar-refractivity contribution < 1.29 is 9.53 Å². The fraction of sp³-hybridized carbons (Fsp3) is 0.235. The highest BCUT2D eigenvalue weighted by atomic mass is 79.9. The molecule has 1 atom stereocenters. The number of rotatable bonds is 4.